The number of nitrogens with zero attached hydrogens (tertiary/aromatic N) is 3. The monoisotopic (exact) mass is 371 g/mol. The van der Waals surface area contributed by atoms with Gasteiger partial charge in [-0.15, -0.1) is 0 Å². The van der Waals surface area contributed by atoms with E-state index < -0.39 is 6.04 Å². The van der Waals surface area contributed by atoms with Crippen LogP contribution in [0.5, 0.6) is 0 Å². The molecule has 2 N–H and O–H groups in total. The number of benzene rings is 1. The zero-order valence-corrected chi connectivity index (χ0v) is 16.5. The molecule has 27 heavy (non-hydrogen) atoms. The average molecular weight is 371 g/mol. The van der Waals surface area contributed by atoms with Crippen molar-refractivity contribution < 1.29 is 9.59 Å². The first-order chi connectivity index (χ1) is 12.9. The molecule has 0 unspecified atom stereocenters. The number of imidazole rings is 1. The molecular formula is C20H29N5O2. The molecule has 0 saturated heterocycles. The molecule has 1 aliphatic rings. The van der Waals surface area contributed by atoms with Crippen molar-refractivity contribution in [2.75, 3.05) is 18.0 Å². The van der Waals surface area contributed by atoms with E-state index in [1.54, 1.807) is 4.90 Å². The van der Waals surface area contributed by atoms with E-state index in [1.165, 1.54) is 0 Å². The van der Waals surface area contributed by atoms with Gasteiger partial charge in [-0.2, -0.15) is 0 Å². The van der Waals surface area contributed by atoms with Gasteiger partial charge in [0.2, 0.25) is 11.9 Å². The van der Waals surface area contributed by atoms with Gasteiger partial charge in [-0.1, -0.05) is 39.8 Å². The zero-order valence-electron chi connectivity index (χ0n) is 16.5. The lowest BCUT2D eigenvalue weighted by atomic mass is 10.0. The fraction of sp³-hybridized carbons (Fsp3) is 0.550. The van der Waals surface area contributed by atoms with Crippen LogP contribution in [0.4, 0.5) is 10.7 Å². The van der Waals surface area contributed by atoms with Crippen LogP contribution in [-0.4, -0.2) is 40.6 Å². The van der Waals surface area contributed by atoms with Gasteiger partial charge in [0, 0.05) is 19.6 Å². The Kier molecular flexibility index (Phi) is 5.68. The highest BCUT2D eigenvalue weighted by atomic mass is 16.2. The third-order valence-electron chi connectivity index (χ3n) is 4.67. The van der Waals surface area contributed by atoms with Gasteiger partial charge in [-0.25, -0.2) is 9.78 Å². The summed E-state index contributed by atoms with van der Waals surface area (Å²) in [6.45, 7) is 10.0. The van der Waals surface area contributed by atoms with Gasteiger partial charge in [0.25, 0.3) is 0 Å². The molecule has 0 aliphatic carbocycles. The Morgan fingerprint density at radius 1 is 1.11 bits per heavy atom. The van der Waals surface area contributed by atoms with Crippen molar-refractivity contribution in [2.45, 2.75) is 46.7 Å². The van der Waals surface area contributed by atoms with Gasteiger partial charge in [0.15, 0.2) is 0 Å². The van der Waals surface area contributed by atoms with E-state index in [0.29, 0.717) is 43.8 Å². The number of urea groups is 1. The second kappa shape index (κ2) is 7.98. The summed E-state index contributed by atoms with van der Waals surface area (Å²) in [4.78, 5) is 31.7. The number of anilines is 1. The number of rotatable bonds is 6. The Hall–Kier alpha value is -2.57. The molecule has 0 fully saturated rings. The maximum Gasteiger partial charge on any atom is 0.324 e. The molecular weight excluding hydrogens is 342 g/mol. The summed E-state index contributed by atoms with van der Waals surface area (Å²) >= 11 is 0. The van der Waals surface area contributed by atoms with Gasteiger partial charge in [0.05, 0.1) is 11.0 Å². The highest BCUT2D eigenvalue weighted by Gasteiger charge is 2.31. The Bertz CT molecular complexity index is 827. The predicted molar refractivity (Wildman–Crippen MR) is 107 cm³/mol. The van der Waals surface area contributed by atoms with Crippen molar-refractivity contribution in [3.05, 3.63) is 24.3 Å². The normalized spacial score (nSPS) is 14.7. The lowest BCUT2D eigenvalue weighted by molar-refractivity contribution is -0.123. The van der Waals surface area contributed by atoms with Crippen molar-refractivity contribution in [2.24, 2.45) is 11.8 Å². The molecule has 7 heteroatoms. The molecule has 0 bridgehead atoms. The predicted octanol–water partition coefficient (Wildman–Crippen LogP) is 2.75. The van der Waals surface area contributed by atoms with Crippen molar-refractivity contribution in [3.63, 3.8) is 0 Å². The van der Waals surface area contributed by atoms with Crippen LogP contribution < -0.4 is 15.5 Å². The number of hydrogen-bond donors (Lipinski definition) is 2. The van der Waals surface area contributed by atoms with Gasteiger partial charge < -0.3 is 15.2 Å². The molecule has 1 atom stereocenters. The Balaban J connectivity index is 1.74. The van der Waals surface area contributed by atoms with Crippen molar-refractivity contribution in [1.82, 2.24) is 20.2 Å². The number of para-hydroxylation sites is 2. The molecule has 1 aromatic carbocycles. The first-order valence-corrected chi connectivity index (χ1v) is 9.67. The van der Waals surface area contributed by atoms with Crippen LogP contribution in [0, 0.1) is 11.8 Å². The highest BCUT2D eigenvalue weighted by Crippen LogP contribution is 2.27. The van der Waals surface area contributed by atoms with Crippen molar-refractivity contribution in [3.8, 4) is 0 Å². The van der Waals surface area contributed by atoms with Crippen LogP contribution >= 0.6 is 0 Å². The molecule has 1 aliphatic heterocycles. The molecule has 3 amide bonds. The van der Waals surface area contributed by atoms with Gasteiger partial charge in [-0.3, -0.25) is 9.69 Å². The third kappa shape index (κ3) is 4.23. The van der Waals surface area contributed by atoms with Crippen LogP contribution in [0.1, 0.15) is 34.1 Å². The SMILES string of the molecule is CC(C)CNC(=O)[C@H](CC(C)C)NC(=O)N1CCn2c1nc1ccccc12. The molecule has 1 aromatic heterocycles. The summed E-state index contributed by atoms with van der Waals surface area (Å²) in [5.41, 5.74) is 1.90. The molecule has 3 rings (SSSR count). The Morgan fingerprint density at radius 3 is 2.56 bits per heavy atom. The molecule has 0 radical (unpaired) electrons. The molecule has 146 valence electrons. The van der Waals surface area contributed by atoms with Crippen molar-refractivity contribution in [1.29, 1.82) is 0 Å². The lowest BCUT2D eigenvalue weighted by Crippen LogP contribution is -2.52. The lowest BCUT2D eigenvalue weighted by Gasteiger charge is -2.23. The fourth-order valence-electron chi connectivity index (χ4n) is 3.34. The molecule has 2 aromatic rings. The minimum Gasteiger partial charge on any atom is -0.354 e. The highest BCUT2D eigenvalue weighted by molar-refractivity contribution is 5.96. The average Bonchev–Trinajstić information content (AvgIpc) is 3.17. The maximum absolute atomic E-state index is 12.9. The van der Waals surface area contributed by atoms with E-state index in [2.05, 4.69) is 15.6 Å². The minimum atomic E-state index is -0.547. The van der Waals surface area contributed by atoms with E-state index in [1.807, 2.05) is 56.5 Å². The summed E-state index contributed by atoms with van der Waals surface area (Å²) in [5.74, 6) is 1.17. The maximum atomic E-state index is 12.9. The molecule has 0 spiro atoms. The van der Waals surface area contributed by atoms with Crippen LogP contribution in [0.3, 0.4) is 0 Å². The summed E-state index contributed by atoms with van der Waals surface area (Å²) < 4.78 is 2.05. The Morgan fingerprint density at radius 2 is 1.85 bits per heavy atom. The first-order valence-electron chi connectivity index (χ1n) is 9.67. The number of carbonyl (C=O) groups is 2. The van der Waals surface area contributed by atoms with Crippen LogP contribution in [0.25, 0.3) is 11.0 Å². The van der Waals surface area contributed by atoms with Crippen LogP contribution in [0.2, 0.25) is 0 Å². The summed E-state index contributed by atoms with van der Waals surface area (Å²) in [7, 11) is 0. The summed E-state index contributed by atoms with van der Waals surface area (Å²) in [6, 6.07) is 7.04. The Labute approximate surface area is 160 Å². The minimum absolute atomic E-state index is 0.126. The van der Waals surface area contributed by atoms with E-state index in [0.717, 1.165) is 11.0 Å². The number of aromatic nitrogens is 2. The van der Waals surface area contributed by atoms with Crippen LogP contribution in [0.15, 0.2) is 24.3 Å². The summed E-state index contributed by atoms with van der Waals surface area (Å²) in [6.07, 6.45) is 0.597. The topological polar surface area (TPSA) is 79.3 Å². The van der Waals surface area contributed by atoms with Gasteiger partial charge in [0.1, 0.15) is 6.04 Å². The van der Waals surface area contributed by atoms with Crippen molar-refractivity contribution >= 4 is 28.9 Å². The number of nitrogens with one attached hydrogen (secondary N) is 2. The second-order valence-electron chi connectivity index (χ2n) is 7.97. The largest absolute Gasteiger partial charge is 0.354 e. The van der Waals surface area contributed by atoms with E-state index in [9.17, 15) is 9.59 Å². The van der Waals surface area contributed by atoms with E-state index in [-0.39, 0.29) is 11.9 Å². The number of amides is 3. The van der Waals surface area contributed by atoms with E-state index >= 15 is 0 Å². The number of hydrogen-bond acceptors (Lipinski definition) is 3. The summed E-state index contributed by atoms with van der Waals surface area (Å²) in [5, 5.41) is 5.85. The second-order valence-corrected chi connectivity index (χ2v) is 7.97. The standard InChI is InChI=1S/C20H29N5O2/c1-13(2)11-16(18(26)21-12-14(3)4)23-20(27)25-10-9-24-17-8-6-5-7-15(17)22-19(24)25/h5-8,13-14,16H,9-12H2,1-4H3,(H,21,26)(H,23,27)/t16-/m0/s1. The quantitative estimate of drug-likeness (QED) is 0.819. The van der Waals surface area contributed by atoms with Gasteiger partial charge in [-0.05, 0) is 30.4 Å². The zero-order chi connectivity index (χ0) is 19.6. The number of carbonyl (C=O) groups excluding carboxylic acids is 2. The van der Waals surface area contributed by atoms with E-state index in [4.69, 9.17) is 0 Å². The smallest absolute Gasteiger partial charge is 0.324 e. The number of fused-ring (bicyclic) bond motifs is 3. The fourth-order valence-corrected chi connectivity index (χ4v) is 3.34. The molecule has 2 heterocycles. The first kappa shape index (κ1) is 19.2. The van der Waals surface area contributed by atoms with Crippen LogP contribution in [-0.2, 0) is 11.3 Å². The molecule has 0 saturated carbocycles. The van der Waals surface area contributed by atoms with Gasteiger partial charge >= 0.3 is 6.03 Å². The third-order valence-corrected chi connectivity index (χ3v) is 4.67. The molecule has 7 nitrogen and oxygen atoms in total.